The summed E-state index contributed by atoms with van der Waals surface area (Å²) in [6.45, 7) is 0.821. The molecule has 2 aliphatic rings. The first-order valence-electron chi connectivity index (χ1n) is 8.31. The number of carbonyl (C=O) groups is 2. The number of hydrogen-bond donors (Lipinski definition) is 3. The van der Waals surface area contributed by atoms with Gasteiger partial charge in [0.05, 0.1) is 5.56 Å². The second-order valence-electron chi connectivity index (χ2n) is 6.94. The van der Waals surface area contributed by atoms with E-state index in [0.717, 1.165) is 32.2 Å². The van der Waals surface area contributed by atoms with Crippen molar-refractivity contribution in [1.82, 2.24) is 5.32 Å². The molecule has 24 heavy (non-hydrogen) atoms. The lowest BCUT2D eigenvalue weighted by atomic mass is 9.68. The van der Waals surface area contributed by atoms with Crippen molar-refractivity contribution in [3.8, 4) is 0 Å². The van der Waals surface area contributed by atoms with Gasteiger partial charge < -0.3 is 15.5 Å². The Morgan fingerprint density at radius 1 is 1.04 bits per heavy atom. The number of carboxylic acid groups (broad SMARTS) is 2. The smallest absolute Gasteiger partial charge is 0.335 e. The zero-order valence-corrected chi connectivity index (χ0v) is 14.3. The fourth-order valence-electron chi connectivity index (χ4n) is 4.15. The second-order valence-corrected chi connectivity index (χ2v) is 6.94. The van der Waals surface area contributed by atoms with Crippen LogP contribution in [0.1, 0.15) is 41.6 Å². The highest BCUT2D eigenvalue weighted by Gasteiger charge is 2.37. The number of nitrogens with one attached hydrogen (secondary N) is 1. The first-order chi connectivity index (χ1) is 11.0. The average Bonchev–Trinajstić information content (AvgIpc) is 2.54. The zero-order chi connectivity index (χ0) is 16.4. The van der Waals surface area contributed by atoms with Crippen molar-refractivity contribution in [1.29, 1.82) is 0 Å². The van der Waals surface area contributed by atoms with Crippen molar-refractivity contribution in [2.45, 2.75) is 38.1 Å². The van der Waals surface area contributed by atoms with Crippen LogP contribution >= 0.6 is 12.4 Å². The number of carboxylic acids is 2. The van der Waals surface area contributed by atoms with Gasteiger partial charge in [0, 0.05) is 0 Å². The molecule has 1 aromatic rings. The van der Waals surface area contributed by atoms with Gasteiger partial charge in [-0.15, -0.1) is 12.4 Å². The van der Waals surface area contributed by atoms with E-state index < -0.39 is 18.0 Å². The molecule has 5 nitrogen and oxygen atoms in total. The van der Waals surface area contributed by atoms with Crippen molar-refractivity contribution in [2.75, 3.05) is 6.54 Å². The first-order valence-corrected chi connectivity index (χ1v) is 8.31. The van der Waals surface area contributed by atoms with E-state index >= 15 is 0 Å². The molecule has 3 rings (SSSR count). The van der Waals surface area contributed by atoms with Crippen molar-refractivity contribution in [2.24, 2.45) is 17.8 Å². The van der Waals surface area contributed by atoms with Crippen LogP contribution in [-0.4, -0.2) is 34.7 Å². The summed E-state index contributed by atoms with van der Waals surface area (Å²) < 4.78 is 0. The van der Waals surface area contributed by atoms with Gasteiger partial charge in [0.25, 0.3) is 0 Å². The summed E-state index contributed by atoms with van der Waals surface area (Å²) in [7, 11) is 0. The summed E-state index contributed by atoms with van der Waals surface area (Å²) in [6, 6.07) is 6.73. The molecule has 1 aliphatic heterocycles. The summed E-state index contributed by atoms with van der Waals surface area (Å²) in [5.74, 6) is 0.0337. The summed E-state index contributed by atoms with van der Waals surface area (Å²) in [5, 5.41) is 21.3. The molecular weight excluding hydrogens is 330 g/mol. The minimum atomic E-state index is -0.897. The van der Waals surface area contributed by atoms with Crippen LogP contribution in [0.4, 0.5) is 0 Å². The monoisotopic (exact) mass is 353 g/mol. The first kappa shape index (κ1) is 18.7. The molecule has 3 N–H and O–H groups in total. The van der Waals surface area contributed by atoms with Crippen molar-refractivity contribution < 1.29 is 19.8 Å². The second kappa shape index (κ2) is 7.99. The molecule has 0 radical (unpaired) electrons. The van der Waals surface area contributed by atoms with E-state index in [4.69, 9.17) is 5.11 Å². The number of fused-ring (bicyclic) bond motifs is 1. The van der Waals surface area contributed by atoms with Crippen LogP contribution in [-0.2, 0) is 11.2 Å². The van der Waals surface area contributed by atoms with Crippen LogP contribution in [0.5, 0.6) is 0 Å². The number of halogens is 1. The Kier molecular flexibility index (Phi) is 6.24. The minimum Gasteiger partial charge on any atom is -0.480 e. The normalized spacial score (nSPS) is 29.2. The lowest BCUT2D eigenvalue weighted by Crippen LogP contribution is -2.49. The Hall–Kier alpha value is -1.59. The topological polar surface area (TPSA) is 86.6 Å². The van der Waals surface area contributed by atoms with Gasteiger partial charge in [0.1, 0.15) is 6.04 Å². The number of rotatable bonds is 4. The van der Waals surface area contributed by atoms with E-state index in [-0.39, 0.29) is 12.4 Å². The maximum absolute atomic E-state index is 11.2. The predicted octanol–water partition coefficient (Wildman–Crippen LogP) is 2.83. The van der Waals surface area contributed by atoms with Gasteiger partial charge in [0.15, 0.2) is 0 Å². The number of aliphatic carboxylic acids is 1. The maximum atomic E-state index is 11.2. The molecule has 2 fully saturated rings. The number of piperidine rings is 1. The molecule has 132 valence electrons. The average molecular weight is 354 g/mol. The molecule has 0 amide bonds. The molecule has 4 atom stereocenters. The maximum Gasteiger partial charge on any atom is 0.335 e. The fraction of sp³-hybridized carbons (Fsp3) is 0.556. The highest BCUT2D eigenvalue weighted by Crippen LogP contribution is 2.39. The number of hydrogen-bond acceptors (Lipinski definition) is 3. The Morgan fingerprint density at radius 2 is 1.75 bits per heavy atom. The SMILES string of the molecule is Cl.O=C(O)c1ccc(C[C@H]2CC[C@H]3CN[C@H](C(=O)O)C[C@H]3C2)cc1. The Morgan fingerprint density at radius 3 is 2.38 bits per heavy atom. The van der Waals surface area contributed by atoms with Crippen molar-refractivity contribution in [3.05, 3.63) is 35.4 Å². The van der Waals surface area contributed by atoms with Crippen LogP contribution in [0.2, 0.25) is 0 Å². The molecule has 1 saturated carbocycles. The predicted molar refractivity (Wildman–Crippen MR) is 92.7 cm³/mol. The third-order valence-corrected chi connectivity index (χ3v) is 5.44. The van der Waals surface area contributed by atoms with Gasteiger partial charge in [-0.3, -0.25) is 4.79 Å². The van der Waals surface area contributed by atoms with Crippen molar-refractivity contribution >= 4 is 24.3 Å². The molecule has 0 bridgehead atoms. The van der Waals surface area contributed by atoms with Crippen molar-refractivity contribution in [3.63, 3.8) is 0 Å². The highest BCUT2D eigenvalue weighted by molar-refractivity contribution is 5.87. The van der Waals surface area contributed by atoms with Crippen LogP contribution < -0.4 is 5.32 Å². The zero-order valence-electron chi connectivity index (χ0n) is 13.5. The lowest BCUT2D eigenvalue weighted by Gasteiger charge is -2.41. The summed E-state index contributed by atoms with van der Waals surface area (Å²) in [6.07, 6.45) is 5.09. The quantitative estimate of drug-likeness (QED) is 0.774. The van der Waals surface area contributed by atoms with Crippen LogP contribution in [0.3, 0.4) is 0 Å². The standard InChI is InChI=1S/C18H23NO4.ClH/c20-17(21)13-4-1-11(2-5-13)7-12-3-6-14-10-19-16(18(22)23)9-15(14)8-12;/h1-2,4-5,12,14-16,19H,3,6-10H2,(H,20,21)(H,22,23);1H/t12-,14+,15-,16+;/m1./s1. The molecular formula is C18H24ClNO4. The Bertz CT molecular complexity index is 589. The molecule has 0 spiro atoms. The molecule has 1 aromatic carbocycles. The van der Waals surface area contributed by atoms with E-state index in [0.29, 0.717) is 23.3 Å². The summed E-state index contributed by atoms with van der Waals surface area (Å²) in [5.41, 5.74) is 1.49. The van der Waals surface area contributed by atoms with Gasteiger partial charge in [-0.2, -0.15) is 0 Å². The molecule has 1 aliphatic carbocycles. The highest BCUT2D eigenvalue weighted by atomic mass is 35.5. The third-order valence-electron chi connectivity index (χ3n) is 5.44. The van der Waals surface area contributed by atoms with Crippen LogP contribution in [0.15, 0.2) is 24.3 Å². The molecule has 1 saturated heterocycles. The largest absolute Gasteiger partial charge is 0.480 e. The van der Waals surface area contributed by atoms with Gasteiger partial charge in [-0.05, 0) is 74.1 Å². The summed E-state index contributed by atoms with van der Waals surface area (Å²) >= 11 is 0. The van der Waals surface area contributed by atoms with Crippen LogP contribution in [0.25, 0.3) is 0 Å². The number of aromatic carboxylic acids is 1. The number of benzene rings is 1. The van der Waals surface area contributed by atoms with E-state index in [2.05, 4.69) is 5.32 Å². The van der Waals surface area contributed by atoms with Gasteiger partial charge >= 0.3 is 11.9 Å². The lowest BCUT2D eigenvalue weighted by molar-refractivity contribution is -0.141. The van der Waals surface area contributed by atoms with Gasteiger partial charge in [-0.1, -0.05) is 12.1 Å². The molecule has 6 heteroatoms. The van der Waals surface area contributed by atoms with E-state index in [1.807, 2.05) is 12.1 Å². The third kappa shape index (κ3) is 4.28. The summed E-state index contributed by atoms with van der Waals surface area (Å²) in [4.78, 5) is 22.1. The van der Waals surface area contributed by atoms with Crippen LogP contribution in [0, 0.1) is 17.8 Å². The fourth-order valence-corrected chi connectivity index (χ4v) is 4.15. The van der Waals surface area contributed by atoms with Gasteiger partial charge in [-0.25, -0.2) is 4.79 Å². The molecule has 0 unspecified atom stereocenters. The van der Waals surface area contributed by atoms with E-state index in [9.17, 15) is 14.7 Å². The van der Waals surface area contributed by atoms with Gasteiger partial charge in [0.2, 0.25) is 0 Å². The molecule has 0 aromatic heterocycles. The minimum absolute atomic E-state index is 0. The Labute approximate surface area is 147 Å². The van der Waals surface area contributed by atoms with E-state index in [1.165, 1.54) is 12.0 Å². The van der Waals surface area contributed by atoms with E-state index in [1.54, 1.807) is 12.1 Å². The Balaban J connectivity index is 0.00000208. The molecule has 1 heterocycles.